The maximum Gasteiger partial charge on any atom is 0.0491 e. The summed E-state index contributed by atoms with van der Waals surface area (Å²) in [5.74, 6) is 6.51. The van der Waals surface area contributed by atoms with Crippen LogP contribution in [0, 0.1) is 5.92 Å². The molecule has 1 fully saturated rings. The number of aromatic nitrogens is 1. The molecule has 1 saturated carbocycles. The molecule has 100 valence electrons. The Balaban J connectivity index is 2.20. The van der Waals surface area contributed by atoms with E-state index in [1.807, 2.05) is 12.4 Å². The lowest BCUT2D eigenvalue weighted by Crippen LogP contribution is -2.34. The summed E-state index contributed by atoms with van der Waals surface area (Å²) >= 11 is 0. The SMILES string of the molecule is CCc1cnccc1C(NN)C1CCCCCC1. The average Bonchev–Trinajstić information content (AvgIpc) is 2.69. The topological polar surface area (TPSA) is 50.9 Å². The van der Waals surface area contributed by atoms with E-state index in [-0.39, 0.29) is 0 Å². The summed E-state index contributed by atoms with van der Waals surface area (Å²) in [7, 11) is 0. The number of hydrogen-bond acceptors (Lipinski definition) is 3. The van der Waals surface area contributed by atoms with Crippen molar-refractivity contribution in [2.45, 2.75) is 57.9 Å². The third-order valence-electron chi connectivity index (χ3n) is 4.21. The molecule has 18 heavy (non-hydrogen) atoms. The van der Waals surface area contributed by atoms with Crippen LogP contribution in [0.2, 0.25) is 0 Å². The lowest BCUT2D eigenvalue weighted by molar-refractivity contribution is 0.327. The number of nitrogens with zero attached hydrogens (tertiary/aromatic N) is 1. The van der Waals surface area contributed by atoms with Gasteiger partial charge in [-0.15, -0.1) is 0 Å². The molecular formula is C15H25N3. The minimum atomic E-state index is 0.293. The minimum Gasteiger partial charge on any atom is -0.271 e. The van der Waals surface area contributed by atoms with E-state index < -0.39 is 0 Å². The van der Waals surface area contributed by atoms with Gasteiger partial charge >= 0.3 is 0 Å². The van der Waals surface area contributed by atoms with E-state index in [1.54, 1.807) is 0 Å². The molecule has 1 atom stereocenters. The number of rotatable bonds is 4. The van der Waals surface area contributed by atoms with E-state index >= 15 is 0 Å². The molecule has 1 heterocycles. The number of aryl methyl sites for hydroxylation is 1. The second-order valence-corrected chi connectivity index (χ2v) is 5.32. The number of hydrazine groups is 1. The fourth-order valence-electron chi connectivity index (χ4n) is 3.16. The maximum absolute atomic E-state index is 5.84. The second kappa shape index (κ2) is 6.86. The van der Waals surface area contributed by atoms with Crippen LogP contribution in [0.5, 0.6) is 0 Å². The van der Waals surface area contributed by atoms with E-state index in [9.17, 15) is 0 Å². The Hall–Kier alpha value is -0.930. The molecule has 1 aromatic heterocycles. The molecule has 0 aliphatic heterocycles. The largest absolute Gasteiger partial charge is 0.271 e. The summed E-state index contributed by atoms with van der Waals surface area (Å²) < 4.78 is 0. The Morgan fingerprint density at radius 1 is 1.33 bits per heavy atom. The van der Waals surface area contributed by atoms with Gasteiger partial charge in [-0.3, -0.25) is 16.3 Å². The van der Waals surface area contributed by atoms with Crippen molar-refractivity contribution in [3.8, 4) is 0 Å². The van der Waals surface area contributed by atoms with Crippen molar-refractivity contribution in [3.63, 3.8) is 0 Å². The van der Waals surface area contributed by atoms with E-state index in [0.29, 0.717) is 12.0 Å². The number of hydrogen-bond donors (Lipinski definition) is 2. The average molecular weight is 247 g/mol. The van der Waals surface area contributed by atoms with Crippen molar-refractivity contribution in [2.24, 2.45) is 11.8 Å². The van der Waals surface area contributed by atoms with Gasteiger partial charge in [0.15, 0.2) is 0 Å². The molecule has 0 aromatic carbocycles. The highest BCUT2D eigenvalue weighted by Crippen LogP contribution is 2.34. The molecule has 1 aliphatic rings. The zero-order valence-corrected chi connectivity index (χ0v) is 11.4. The maximum atomic E-state index is 5.84. The molecule has 1 unspecified atom stereocenters. The number of nitrogens with two attached hydrogens (primary N) is 1. The number of pyridine rings is 1. The molecule has 0 spiro atoms. The Bertz CT molecular complexity index is 357. The van der Waals surface area contributed by atoms with Crippen LogP contribution in [-0.4, -0.2) is 4.98 Å². The highest BCUT2D eigenvalue weighted by atomic mass is 15.2. The van der Waals surface area contributed by atoms with Crippen molar-refractivity contribution in [2.75, 3.05) is 0 Å². The van der Waals surface area contributed by atoms with Gasteiger partial charge in [-0.05, 0) is 42.4 Å². The van der Waals surface area contributed by atoms with Gasteiger partial charge in [-0.25, -0.2) is 0 Å². The van der Waals surface area contributed by atoms with Gasteiger partial charge in [0.2, 0.25) is 0 Å². The predicted molar refractivity (Wildman–Crippen MR) is 74.9 cm³/mol. The first-order valence-corrected chi connectivity index (χ1v) is 7.25. The monoisotopic (exact) mass is 247 g/mol. The van der Waals surface area contributed by atoms with Gasteiger partial charge in [-0.2, -0.15) is 0 Å². The Labute approximate surface area is 110 Å². The van der Waals surface area contributed by atoms with Crippen LogP contribution in [0.25, 0.3) is 0 Å². The quantitative estimate of drug-likeness (QED) is 0.488. The lowest BCUT2D eigenvalue weighted by atomic mass is 9.86. The van der Waals surface area contributed by atoms with Gasteiger partial charge in [0.05, 0.1) is 0 Å². The zero-order valence-electron chi connectivity index (χ0n) is 11.4. The second-order valence-electron chi connectivity index (χ2n) is 5.32. The summed E-state index contributed by atoms with van der Waals surface area (Å²) in [5.41, 5.74) is 5.74. The molecule has 2 rings (SSSR count). The van der Waals surface area contributed by atoms with Crippen LogP contribution in [0.4, 0.5) is 0 Å². The van der Waals surface area contributed by atoms with Crippen molar-refractivity contribution in [3.05, 3.63) is 29.6 Å². The molecule has 3 N–H and O–H groups in total. The molecule has 3 heteroatoms. The fourth-order valence-corrected chi connectivity index (χ4v) is 3.16. The third kappa shape index (κ3) is 3.09. The van der Waals surface area contributed by atoms with Gasteiger partial charge in [0.25, 0.3) is 0 Å². The van der Waals surface area contributed by atoms with Crippen molar-refractivity contribution in [1.29, 1.82) is 0 Å². The lowest BCUT2D eigenvalue weighted by Gasteiger charge is -2.27. The normalized spacial score (nSPS) is 19.4. The highest BCUT2D eigenvalue weighted by molar-refractivity contribution is 5.27. The molecule has 0 bridgehead atoms. The van der Waals surface area contributed by atoms with E-state index in [2.05, 4.69) is 23.4 Å². The number of nitrogens with one attached hydrogen (secondary N) is 1. The van der Waals surface area contributed by atoms with Crippen LogP contribution in [0.3, 0.4) is 0 Å². The standard InChI is InChI=1S/C15H25N3/c1-2-12-11-17-10-9-14(12)15(18-16)13-7-5-3-4-6-8-13/h9-11,13,15,18H,2-8,16H2,1H3. The molecular weight excluding hydrogens is 222 g/mol. The fraction of sp³-hybridized carbons (Fsp3) is 0.667. The van der Waals surface area contributed by atoms with Crippen molar-refractivity contribution in [1.82, 2.24) is 10.4 Å². The van der Waals surface area contributed by atoms with E-state index in [4.69, 9.17) is 5.84 Å². The first-order chi connectivity index (χ1) is 8.86. The van der Waals surface area contributed by atoms with Gasteiger partial charge in [0.1, 0.15) is 0 Å². The summed E-state index contributed by atoms with van der Waals surface area (Å²) in [6, 6.07) is 2.43. The summed E-state index contributed by atoms with van der Waals surface area (Å²) in [5, 5.41) is 0. The van der Waals surface area contributed by atoms with Crippen LogP contribution in [0.1, 0.15) is 62.6 Å². The minimum absolute atomic E-state index is 0.293. The summed E-state index contributed by atoms with van der Waals surface area (Å²) in [6.45, 7) is 2.18. The van der Waals surface area contributed by atoms with Crippen LogP contribution in [-0.2, 0) is 6.42 Å². The third-order valence-corrected chi connectivity index (χ3v) is 4.21. The molecule has 0 amide bonds. The van der Waals surface area contributed by atoms with E-state index in [0.717, 1.165) is 6.42 Å². The molecule has 1 aromatic rings. The Morgan fingerprint density at radius 3 is 2.67 bits per heavy atom. The first-order valence-electron chi connectivity index (χ1n) is 7.25. The van der Waals surface area contributed by atoms with Gasteiger partial charge in [-0.1, -0.05) is 32.6 Å². The molecule has 3 nitrogen and oxygen atoms in total. The molecule has 0 radical (unpaired) electrons. The highest BCUT2D eigenvalue weighted by Gasteiger charge is 2.24. The zero-order chi connectivity index (χ0) is 12.8. The van der Waals surface area contributed by atoms with Crippen LogP contribution in [0.15, 0.2) is 18.5 Å². The molecule has 0 saturated heterocycles. The predicted octanol–water partition coefficient (Wildman–Crippen LogP) is 3.12. The molecule has 1 aliphatic carbocycles. The van der Waals surface area contributed by atoms with Crippen molar-refractivity contribution >= 4 is 0 Å². The Kier molecular flexibility index (Phi) is 5.14. The summed E-state index contributed by atoms with van der Waals surface area (Å²) in [6.07, 6.45) is 12.9. The Morgan fingerprint density at radius 2 is 2.06 bits per heavy atom. The van der Waals surface area contributed by atoms with E-state index in [1.165, 1.54) is 49.7 Å². The smallest absolute Gasteiger partial charge is 0.0491 e. The van der Waals surface area contributed by atoms with Gasteiger partial charge in [0, 0.05) is 18.4 Å². The van der Waals surface area contributed by atoms with Crippen molar-refractivity contribution < 1.29 is 0 Å². The first kappa shape index (κ1) is 13.5. The van der Waals surface area contributed by atoms with Crippen LogP contribution < -0.4 is 11.3 Å². The van der Waals surface area contributed by atoms with Gasteiger partial charge < -0.3 is 0 Å². The van der Waals surface area contributed by atoms with Crippen LogP contribution >= 0.6 is 0 Å². The summed E-state index contributed by atoms with van der Waals surface area (Å²) in [4.78, 5) is 4.23.